The van der Waals surface area contributed by atoms with Gasteiger partial charge in [0.2, 0.25) is 0 Å². The molecule has 112 valence electrons. The van der Waals surface area contributed by atoms with Crippen LogP contribution < -0.4 is 5.32 Å². The maximum absolute atomic E-state index is 14.1. The number of aryl methyl sites for hydroxylation is 1. The first kappa shape index (κ1) is 16.1. The van der Waals surface area contributed by atoms with Crippen molar-refractivity contribution in [3.63, 3.8) is 0 Å². The summed E-state index contributed by atoms with van der Waals surface area (Å²) in [6, 6.07) is 9.07. The highest BCUT2D eigenvalue weighted by molar-refractivity contribution is 9.10. The molecule has 0 saturated heterocycles. The number of halogens is 3. The van der Waals surface area contributed by atoms with Crippen LogP contribution in [0, 0.1) is 18.6 Å². The SMILES string of the molecule is CCCNC(c1ccc(Br)c(C)c1)c1cc(F)ccc1F. The van der Waals surface area contributed by atoms with E-state index in [4.69, 9.17) is 0 Å². The molecule has 0 aliphatic carbocycles. The molecule has 0 spiro atoms. The number of hydrogen-bond acceptors (Lipinski definition) is 1. The van der Waals surface area contributed by atoms with E-state index in [1.165, 1.54) is 12.1 Å². The van der Waals surface area contributed by atoms with Crippen LogP contribution >= 0.6 is 15.9 Å². The normalized spacial score (nSPS) is 12.4. The number of nitrogens with one attached hydrogen (secondary N) is 1. The van der Waals surface area contributed by atoms with Crippen molar-refractivity contribution in [3.05, 3.63) is 69.2 Å². The van der Waals surface area contributed by atoms with Crippen LogP contribution in [-0.2, 0) is 0 Å². The fourth-order valence-corrected chi connectivity index (χ4v) is 2.53. The van der Waals surface area contributed by atoms with Crippen molar-refractivity contribution in [2.45, 2.75) is 26.3 Å². The van der Waals surface area contributed by atoms with Gasteiger partial charge in [0.05, 0.1) is 6.04 Å². The fraction of sp³-hybridized carbons (Fsp3) is 0.294. The Kier molecular flexibility index (Phi) is 5.48. The Bertz CT molecular complexity index is 628. The van der Waals surface area contributed by atoms with E-state index in [0.29, 0.717) is 5.56 Å². The summed E-state index contributed by atoms with van der Waals surface area (Å²) in [6.45, 7) is 4.75. The van der Waals surface area contributed by atoms with Gasteiger partial charge in [-0.1, -0.05) is 35.0 Å². The average Bonchev–Trinajstić information content (AvgIpc) is 2.46. The van der Waals surface area contributed by atoms with Crippen molar-refractivity contribution in [1.82, 2.24) is 5.32 Å². The Morgan fingerprint density at radius 2 is 1.90 bits per heavy atom. The molecule has 0 amide bonds. The predicted octanol–water partition coefficient (Wildman–Crippen LogP) is 5.12. The van der Waals surface area contributed by atoms with Gasteiger partial charge in [-0.15, -0.1) is 0 Å². The lowest BCUT2D eigenvalue weighted by Gasteiger charge is -2.21. The molecule has 2 aromatic rings. The quantitative estimate of drug-likeness (QED) is 0.785. The van der Waals surface area contributed by atoms with Gasteiger partial charge in [0.15, 0.2) is 0 Å². The van der Waals surface area contributed by atoms with Crippen LogP contribution in [0.2, 0.25) is 0 Å². The van der Waals surface area contributed by atoms with E-state index >= 15 is 0 Å². The zero-order chi connectivity index (χ0) is 15.4. The fourth-order valence-electron chi connectivity index (χ4n) is 2.28. The van der Waals surface area contributed by atoms with E-state index in [2.05, 4.69) is 21.2 Å². The van der Waals surface area contributed by atoms with Crippen LogP contribution in [0.15, 0.2) is 40.9 Å². The third kappa shape index (κ3) is 3.89. The molecule has 0 aromatic heterocycles. The van der Waals surface area contributed by atoms with E-state index < -0.39 is 11.6 Å². The van der Waals surface area contributed by atoms with E-state index in [-0.39, 0.29) is 6.04 Å². The van der Waals surface area contributed by atoms with Crippen LogP contribution in [0.1, 0.15) is 36.1 Å². The van der Waals surface area contributed by atoms with Gasteiger partial charge in [-0.2, -0.15) is 0 Å². The Morgan fingerprint density at radius 3 is 2.57 bits per heavy atom. The van der Waals surface area contributed by atoms with Gasteiger partial charge in [0.25, 0.3) is 0 Å². The van der Waals surface area contributed by atoms with Crippen molar-refractivity contribution in [2.75, 3.05) is 6.54 Å². The largest absolute Gasteiger partial charge is 0.306 e. The third-order valence-corrected chi connectivity index (χ3v) is 4.27. The first-order valence-corrected chi connectivity index (χ1v) is 7.76. The minimum absolute atomic E-state index is 0.338. The minimum Gasteiger partial charge on any atom is -0.306 e. The van der Waals surface area contributed by atoms with Gasteiger partial charge >= 0.3 is 0 Å². The van der Waals surface area contributed by atoms with Gasteiger partial charge in [-0.3, -0.25) is 0 Å². The lowest BCUT2D eigenvalue weighted by atomic mass is 9.96. The first-order valence-electron chi connectivity index (χ1n) is 6.97. The molecule has 1 unspecified atom stereocenters. The topological polar surface area (TPSA) is 12.0 Å². The van der Waals surface area contributed by atoms with Crippen molar-refractivity contribution in [1.29, 1.82) is 0 Å². The summed E-state index contributed by atoms with van der Waals surface area (Å²) in [5.41, 5.74) is 2.33. The molecule has 0 bridgehead atoms. The second-order valence-corrected chi connectivity index (χ2v) is 5.92. The van der Waals surface area contributed by atoms with Gasteiger partial charge in [-0.05, 0) is 55.3 Å². The summed E-state index contributed by atoms with van der Waals surface area (Å²) >= 11 is 3.46. The molecule has 1 nitrogen and oxygen atoms in total. The van der Waals surface area contributed by atoms with E-state index in [1.807, 2.05) is 32.0 Å². The van der Waals surface area contributed by atoms with E-state index in [9.17, 15) is 8.78 Å². The number of benzene rings is 2. The molecule has 21 heavy (non-hydrogen) atoms. The highest BCUT2D eigenvalue weighted by atomic mass is 79.9. The van der Waals surface area contributed by atoms with Crippen molar-refractivity contribution in [2.24, 2.45) is 0 Å². The van der Waals surface area contributed by atoms with E-state index in [1.54, 1.807) is 0 Å². The van der Waals surface area contributed by atoms with Crippen LogP contribution in [0.3, 0.4) is 0 Å². The third-order valence-electron chi connectivity index (χ3n) is 3.38. The molecule has 0 heterocycles. The summed E-state index contributed by atoms with van der Waals surface area (Å²) in [5, 5.41) is 3.29. The molecule has 0 aliphatic heterocycles. The first-order chi connectivity index (χ1) is 10.0. The molecule has 1 N–H and O–H groups in total. The zero-order valence-electron chi connectivity index (χ0n) is 12.1. The Morgan fingerprint density at radius 1 is 1.14 bits per heavy atom. The van der Waals surface area contributed by atoms with Crippen LogP contribution in [0.25, 0.3) is 0 Å². The molecule has 0 saturated carbocycles. The zero-order valence-corrected chi connectivity index (χ0v) is 13.7. The predicted molar refractivity (Wildman–Crippen MR) is 85.4 cm³/mol. The van der Waals surface area contributed by atoms with Crippen molar-refractivity contribution in [3.8, 4) is 0 Å². The van der Waals surface area contributed by atoms with Gasteiger partial charge in [0.1, 0.15) is 11.6 Å². The maximum atomic E-state index is 14.1. The van der Waals surface area contributed by atoms with Gasteiger partial charge in [0, 0.05) is 10.0 Å². The second-order valence-electron chi connectivity index (χ2n) is 5.06. The van der Waals surface area contributed by atoms with Gasteiger partial charge in [-0.25, -0.2) is 8.78 Å². The molecular formula is C17H18BrF2N. The highest BCUT2D eigenvalue weighted by Gasteiger charge is 2.18. The number of rotatable bonds is 5. The van der Waals surface area contributed by atoms with Crippen LogP contribution in [-0.4, -0.2) is 6.54 Å². The van der Waals surface area contributed by atoms with Crippen molar-refractivity contribution >= 4 is 15.9 Å². The molecule has 0 radical (unpaired) electrons. The highest BCUT2D eigenvalue weighted by Crippen LogP contribution is 2.28. The molecule has 2 aromatic carbocycles. The monoisotopic (exact) mass is 353 g/mol. The lowest BCUT2D eigenvalue weighted by Crippen LogP contribution is -2.24. The maximum Gasteiger partial charge on any atom is 0.128 e. The number of hydrogen-bond donors (Lipinski definition) is 1. The molecular weight excluding hydrogens is 336 g/mol. The summed E-state index contributed by atoms with van der Waals surface area (Å²) in [7, 11) is 0. The van der Waals surface area contributed by atoms with Crippen molar-refractivity contribution < 1.29 is 8.78 Å². The molecule has 2 rings (SSSR count). The summed E-state index contributed by atoms with van der Waals surface area (Å²) in [5.74, 6) is -0.825. The molecule has 1 atom stereocenters. The van der Waals surface area contributed by atoms with Gasteiger partial charge < -0.3 is 5.32 Å². The second kappa shape index (κ2) is 7.14. The summed E-state index contributed by atoms with van der Waals surface area (Å²) < 4.78 is 28.6. The summed E-state index contributed by atoms with van der Waals surface area (Å²) in [4.78, 5) is 0. The molecule has 0 aliphatic rings. The van der Waals surface area contributed by atoms with E-state index in [0.717, 1.165) is 34.6 Å². The Labute approximate surface area is 132 Å². The molecule has 0 fully saturated rings. The molecule has 4 heteroatoms. The standard InChI is InChI=1S/C17H18BrF2N/c1-3-8-21-17(12-4-6-15(18)11(2)9-12)14-10-13(19)5-7-16(14)20/h4-7,9-10,17,21H,3,8H2,1-2H3. The average molecular weight is 354 g/mol. The van der Waals surface area contributed by atoms with Crippen LogP contribution in [0.5, 0.6) is 0 Å². The Hall–Kier alpha value is -1.26. The Balaban J connectivity index is 2.46. The van der Waals surface area contributed by atoms with Crippen LogP contribution in [0.4, 0.5) is 8.78 Å². The smallest absolute Gasteiger partial charge is 0.128 e. The minimum atomic E-state index is -0.427. The lowest BCUT2D eigenvalue weighted by molar-refractivity contribution is 0.535. The summed E-state index contributed by atoms with van der Waals surface area (Å²) in [6.07, 6.45) is 0.920.